The number of hydrogen-bond acceptors (Lipinski definition) is 6. The Morgan fingerprint density at radius 1 is 1.29 bits per heavy atom. The van der Waals surface area contributed by atoms with Gasteiger partial charge in [-0.3, -0.25) is 4.79 Å². The van der Waals surface area contributed by atoms with E-state index in [1.54, 1.807) is 32.4 Å². The van der Waals surface area contributed by atoms with Crippen molar-refractivity contribution in [2.45, 2.75) is 13.3 Å². The van der Waals surface area contributed by atoms with Crippen LogP contribution in [0.2, 0.25) is 5.02 Å². The SMILES string of the molecule is B/N=C/c1c(N)ncnc1Nc1cc(Cl)c(CC(=O)c2ccccc2)cc1C. The molecule has 3 N–H and O–H groups in total. The number of nitrogen functional groups attached to an aromatic ring is 1. The summed E-state index contributed by atoms with van der Waals surface area (Å²) in [6.45, 7) is 1.94. The summed E-state index contributed by atoms with van der Waals surface area (Å²) >= 11 is 6.46. The van der Waals surface area contributed by atoms with Gasteiger partial charge in [-0.2, -0.15) is 0 Å². The zero-order chi connectivity index (χ0) is 20.1. The Morgan fingerprint density at radius 3 is 2.75 bits per heavy atom. The lowest BCUT2D eigenvalue weighted by molar-refractivity contribution is 0.0993. The molecule has 0 saturated carbocycles. The first-order valence-electron chi connectivity index (χ1n) is 8.66. The molecule has 0 aliphatic heterocycles. The van der Waals surface area contributed by atoms with E-state index in [2.05, 4.69) is 20.2 Å². The van der Waals surface area contributed by atoms with Crippen molar-refractivity contribution < 1.29 is 4.79 Å². The Morgan fingerprint density at radius 2 is 2.04 bits per heavy atom. The Hall–Kier alpha value is -3.19. The summed E-state index contributed by atoms with van der Waals surface area (Å²) in [6, 6.07) is 12.9. The van der Waals surface area contributed by atoms with Crippen molar-refractivity contribution in [1.29, 1.82) is 0 Å². The van der Waals surface area contributed by atoms with Gasteiger partial charge in [0.15, 0.2) is 5.78 Å². The topological polar surface area (TPSA) is 93.3 Å². The third kappa shape index (κ3) is 4.38. The molecule has 28 heavy (non-hydrogen) atoms. The van der Waals surface area contributed by atoms with E-state index in [4.69, 9.17) is 17.3 Å². The number of carbonyl (C=O) groups is 1. The lowest BCUT2D eigenvalue weighted by Gasteiger charge is -2.14. The standard InChI is InChI=1S/C20H19BClN5O/c1-12-7-14(8-18(28)13-5-3-2-4-6-13)16(22)9-17(12)27-20-15(10-26-21)19(23)24-11-25-20/h2-7,9-11H,8,21H2,1H3,(H3,23,24,25,27)/b26-10+. The fourth-order valence-corrected chi connectivity index (χ4v) is 3.03. The second-order valence-corrected chi connectivity index (χ2v) is 6.67. The molecule has 1 aromatic heterocycles. The number of carbonyl (C=O) groups excluding carboxylic acids is 1. The predicted octanol–water partition coefficient (Wildman–Crippen LogP) is 3.16. The number of hydrogen-bond donors (Lipinski definition) is 2. The Bertz CT molecular complexity index is 1040. The number of rotatable bonds is 6. The van der Waals surface area contributed by atoms with Crippen LogP contribution in [0.15, 0.2) is 53.7 Å². The van der Waals surface area contributed by atoms with Crippen LogP contribution in [0.3, 0.4) is 0 Å². The molecule has 0 aliphatic carbocycles. The number of ketones is 1. The molecule has 0 atom stereocenters. The molecule has 0 spiro atoms. The van der Waals surface area contributed by atoms with Crippen molar-refractivity contribution in [1.82, 2.24) is 9.97 Å². The summed E-state index contributed by atoms with van der Waals surface area (Å²) in [5.74, 6) is 0.884. The predicted molar refractivity (Wildman–Crippen MR) is 117 cm³/mol. The van der Waals surface area contributed by atoms with Crippen LogP contribution in [0.4, 0.5) is 17.3 Å². The fraction of sp³-hybridized carbons (Fsp3) is 0.100. The maximum atomic E-state index is 12.5. The van der Waals surface area contributed by atoms with Crippen LogP contribution >= 0.6 is 11.6 Å². The number of nitrogens with zero attached hydrogens (tertiary/aromatic N) is 3. The van der Waals surface area contributed by atoms with Gasteiger partial charge >= 0.3 is 0 Å². The van der Waals surface area contributed by atoms with E-state index >= 15 is 0 Å². The summed E-state index contributed by atoms with van der Waals surface area (Å²) in [7, 11) is 1.65. The lowest BCUT2D eigenvalue weighted by atomic mass is 10.0. The van der Waals surface area contributed by atoms with Crippen LogP contribution in [0.1, 0.15) is 27.0 Å². The number of nitrogens with two attached hydrogens (primary N) is 1. The molecule has 6 nitrogen and oxygen atoms in total. The average Bonchev–Trinajstić information content (AvgIpc) is 2.69. The minimum atomic E-state index is 0.0210. The monoisotopic (exact) mass is 391 g/mol. The Balaban J connectivity index is 1.87. The van der Waals surface area contributed by atoms with Crippen molar-refractivity contribution in [3.8, 4) is 0 Å². The van der Waals surface area contributed by atoms with Crippen LogP contribution < -0.4 is 11.1 Å². The highest BCUT2D eigenvalue weighted by Gasteiger charge is 2.14. The molecule has 0 aliphatic rings. The number of aryl methyl sites for hydroxylation is 1. The fourth-order valence-electron chi connectivity index (χ4n) is 2.80. The van der Waals surface area contributed by atoms with Crippen molar-refractivity contribution in [3.63, 3.8) is 0 Å². The summed E-state index contributed by atoms with van der Waals surface area (Å²) in [4.78, 5) is 24.7. The smallest absolute Gasteiger partial charge is 0.244 e. The van der Waals surface area contributed by atoms with Gasteiger partial charge in [0.25, 0.3) is 0 Å². The molecule has 3 rings (SSSR count). The van der Waals surface area contributed by atoms with Crippen LogP contribution in [0.25, 0.3) is 0 Å². The molecule has 1 heterocycles. The van der Waals surface area contributed by atoms with Crippen molar-refractivity contribution in [3.05, 3.63) is 76.1 Å². The number of halogens is 1. The normalized spacial score (nSPS) is 10.9. The first kappa shape index (κ1) is 19.6. The maximum absolute atomic E-state index is 12.5. The minimum absolute atomic E-state index is 0.0210. The van der Waals surface area contributed by atoms with Gasteiger partial charge in [-0.15, -0.1) is 0 Å². The van der Waals surface area contributed by atoms with Gasteiger partial charge in [0.05, 0.1) is 5.56 Å². The highest BCUT2D eigenvalue weighted by molar-refractivity contribution is 6.32. The largest absolute Gasteiger partial charge is 0.383 e. The molecule has 0 radical (unpaired) electrons. The van der Waals surface area contributed by atoms with E-state index in [1.807, 2.05) is 31.2 Å². The van der Waals surface area contributed by atoms with Crippen LogP contribution in [-0.4, -0.2) is 29.9 Å². The molecular weight excluding hydrogens is 373 g/mol. The third-order valence-electron chi connectivity index (χ3n) is 4.27. The van der Waals surface area contributed by atoms with Crippen molar-refractivity contribution in [2.75, 3.05) is 11.1 Å². The first-order chi connectivity index (χ1) is 13.5. The highest BCUT2D eigenvalue weighted by Crippen LogP contribution is 2.29. The molecule has 0 amide bonds. The molecule has 0 fully saturated rings. The number of nitrogens with one attached hydrogen (secondary N) is 1. The molecule has 0 bridgehead atoms. The van der Waals surface area contributed by atoms with Crippen molar-refractivity contribution >= 4 is 48.9 Å². The number of anilines is 3. The third-order valence-corrected chi connectivity index (χ3v) is 4.62. The summed E-state index contributed by atoms with van der Waals surface area (Å²) < 4.78 is 0. The van der Waals surface area contributed by atoms with Gasteiger partial charge in [0.2, 0.25) is 7.98 Å². The minimum Gasteiger partial charge on any atom is -0.383 e. The van der Waals surface area contributed by atoms with E-state index in [-0.39, 0.29) is 12.2 Å². The first-order valence-corrected chi connectivity index (χ1v) is 9.04. The molecule has 0 unspecified atom stereocenters. The van der Waals surface area contributed by atoms with Gasteiger partial charge in [0, 0.05) is 28.9 Å². The van der Waals surface area contributed by atoms with Crippen LogP contribution in [0, 0.1) is 6.92 Å². The number of aromatic nitrogens is 2. The zero-order valence-electron chi connectivity index (χ0n) is 15.6. The van der Waals surface area contributed by atoms with Crippen LogP contribution in [0.5, 0.6) is 0 Å². The number of Topliss-reactive ketones (excluding diaryl/α,β-unsaturated/α-hetero) is 1. The zero-order valence-corrected chi connectivity index (χ0v) is 16.4. The highest BCUT2D eigenvalue weighted by atomic mass is 35.5. The molecule has 2 aromatic carbocycles. The van der Waals surface area contributed by atoms with E-state index < -0.39 is 0 Å². The van der Waals surface area contributed by atoms with E-state index in [9.17, 15) is 4.79 Å². The van der Waals surface area contributed by atoms with E-state index in [0.717, 1.165) is 16.8 Å². The Labute approximate surface area is 169 Å². The summed E-state index contributed by atoms with van der Waals surface area (Å²) in [5, 5.41) is 3.73. The van der Waals surface area contributed by atoms with Gasteiger partial charge in [-0.1, -0.05) is 48.0 Å². The summed E-state index contributed by atoms with van der Waals surface area (Å²) in [5.41, 5.74) is 9.65. The molecule has 0 saturated heterocycles. The van der Waals surface area contributed by atoms with Gasteiger partial charge in [0.1, 0.15) is 18.0 Å². The molecule has 8 heteroatoms. The second-order valence-electron chi connectivity index (χ2n) is 6.26. The van der Waals surface area contributed by atoms with Crippen molar-refractivity contribution in [2.24, 2.45) is 4.90 Å². The van der Waals surface area contributed by atoms with Gasteiger partial charge < -0.3 is 16.0 Å². The Kier molecular flexibility index (Phi) is 6.06. The molecular formula is C20H19BClN5O. The molecule has 3 aromatic rings. The lowest BCUT2D eigenvalue weighted by Crippen LogP contribution is -2.07. The quantitative estimate of drug-likeness (QED) is 0.382. The number of benzene rings is 2. The maximum Gasteiger partial charge on any atom is 0.244 e. The van der Waals surface area contributed by atoms with Gasteiger partial charge in [-0.05, 0) is 24.1 Å². The van der Waals surface area contributed by atoms with E-state index in [1.165, 1.54) is 6.33 Å². The van der Waals surface area contributed by atoms with Crippen LogP contribution in [-0.2, 0) is 6.42 Å². The van der Waals surface area contributed by atoms with Gasteiger partial charge in [-0.25, -0.2) is 9.97 Å². The second kappa shape index (κ2) is 8.67. The molecule has 140 valence electrons. The average molecular weight is 392 g/mol. The van der Waals surface area contributed by atoms with E-state index in [0.29, 0.717) is 27.8 Å². The summed E-state index contributed by atoms with van der Waals surface area (Å²) in [6.07, 6.45) is 3.22.